The zero-order chi connectivity index (χ0) is 34.0. The van der Waals surface area contributed by atoms with Crippen molar-refractivity contribution >= 4 is 12.2 Å². The summed E-state index contributed by atoms with van der Waals surface area (Å²) >= 11 is 0. The van der Waals surface area contributed by atoms with Crippen LogP contribution in [0.2, 0.25) is 0 Å². The molecule has 0 bridgehead atoms. The Balaban J connectivity index is 1.02. The van der Waals surface area contributed by atoms with E-state index >= 15 is 0 Å². The minimum Gasteiger partial charge on any atom is -0.446 e. The van der Waals surface area contributed by atoms with E-state index in [1.165, 1.54) is 12.8 Å². The first-order chi connectivity index (χ1) is 22.7. The van der Waals surface area contributed by atoms with Crippen LogP contribution in [0.25, 0.3) is 0 Å². The molecule has 0 aromatic heterocycles. The molecule has 5 saturated carbocycles. The SMILES string of the molecule is CC(C)[C@@H](OC(=O)N1CCC1)C1C[C@@H](C)[C@H]2C(O1)[C@H](O)[C@@]1(C)C3CC[C@H]4C(C)(C)[C@@H](OC(=O)N[C@H]5CCOC5)CCC45C[C@@]35CC[C@]21C. The number of alkyl carbamates (subject to hydrolysis) is 1. The molecule has 0 radical (unpaired) electrons. The van der Waals surface area contributed by atoms with Gasteiger partial charge >= 0.3 is 12.2 Å². The number of carbonyl (C=O) groups is 2. The Morgan fingerprint density at radius 3 is 2.38 bits per heavy atom. The van der Waals surface area contributed by atoms with Crippen molar-refractivity contribution in [3.05, 3.63) is 0 Å². The number of rotatable bonds is 5. The lowest BCUT2D eigenvalue weighted by Crippen LogP contribution is -2.60. The molecule has 9 heteroatoms. The molecule has 5 aliphatic carbocycles. The highest BCUT2D eigenvalue weighted by Crippen LogP contribution is 2.89. The number of nitrogens with zero attached hydrogens (tertiary/aromatic N) is 1. The van der Waals surface area contributed by atoms with E-state index in [1.807, 2.05) is 0 Å². The molecule has 270 valence electrons. The molecule has 0 aromatic rings. The fourth-order valence-electron chi connectivity index (χ4n) is 14.0. The fourth-order valence-corrected chi connectivity index (χ4v) is 14.0. The number of hydrogen-bond donors (Lipinski definition) is 2. The van der Waals surface area contributed by atoms with Gasteiger partial charge in [0.1, 0.15) is 12.2 Å². The summed E-state index contributed by atoms with van der Waals surface area (Å²) in [6.07, 6.45) is 8.62. The van der Waals surface area contributed by atoms with Gasteiger partial charge in [-0.15, -0.1) is 0 Å². The number of carbonyl (C=O) groups excluding carboxylic acids is 2. The molecule has 2 amide bonds. The standard InChI is InChI=1S/C39H62N2O7/c1-22(2)30(48-34(44)41-16-8-17-41)25-19-23(3)29-31(46-25)32(42)37(7)27-10-9-26-35(4,5)28(47-33(43)40-24-12-18-45-20-24)11-13-38(26)21-39(27,38)15-14-36(29,37)6/h22-32,42H,8-21H2,1-7H3,(H,40,43)/t23-,24+,25?,26+,27?,28+,29+,30-,31?,32+,36-,37-,38?,39+/m1/s1. The smallest absolute Gasteiger partial charge is 0.410 e. The summed E-state index contributed by atoms with van der Waals surface area (Å²) in [4.78, 5) is 27.7. The third-order valence-corrected chi connectivity index (χ3v) is 16.6. The summed E-state index contributed by atoms with van der Waals surface area (Å²) in [5.74, 6) is 1.72. The molecule has 8 rings (SSSR count). The van der Waals surface area contributed by atoms with E-state index < -0.39 is 6.10 Å². The van der Waals surface area contributed by atoms with Crippen molar-refractivity contribution in [1.82, 2.24) is 10.2 Å². The van der Waals surface area contributed by atoms with Crippen LogP contribution in [0.4, 0.5) is 9.59 Å². The van der Waals surface area contributed by atoms with Gasteiger partial charge in [0.25, 0.3) is 0 Å². The number of hydrogen-bond acceptors (Lipinski definition) is 7. The molecule has 3 saturated heterocycles. The third-order valence-electron chi connectivity index (χ3n) is 16.6. The van der Waals surface area contributed by atoms with Gasteiger partial charge in [-0.2, -0.15) is 0 Å². The van der Waals surface area contributed by atoms with E-state index in [2.05, 4.69) is 53.8 Å². The van der Waals surface area contributed by atoms with E-state index in [0.29, 0.717) is 31.0 Å². The maximum Gasteiger partial charge on any atom is 0.410 e. The quantitative estimate of drug-likeness (QED) is 0.342. The molecule has 2 N–H and O–H groups in total. The van der Waals surface area contributed by atoms with Gasteiger partial charge in [0.15, 0.2) is 0 Å². The number of aliphatic hydroxyl groups excluding tert-OH is 1. The van der Waals surface area contributed by atoms with Crippen molar-refractivity contribution in [3.63, 3.8) is 0 Å². The monoisotopic (exact) mass is 670 g/mol. The molecule has 14 atom stereocenters. The normalized spacial score (nSPS) is 50.5. The Hall–Kier alpha value is -1.58. The van der Waals surface area contributed by atoms with Gasteiger partial charge in [0.05, 0.1) is 31.0 Å². The van der Waals surface area contributed by atoms with Crippen LogP contribution in [0.1, 0.15) is 113 Å². The van der Waals surface area contributed by atoms with Crippen molar-refractivity contribution in [3.8, 4) is 0 Å². The Morgan fingerprint density at radius 2 is 1.71 bits per heavy atom. The van der Waals surface area contributed by atoms with E-state index in [1.54, 1.807) is 4.90 Å². The molecule has 0 aromatic carbocycles. The zero-order valence-corrected chi connectivity index (χ0v) is 30.6. The van der Waals surface area contributed by atoms with Crippen molar-refractivity contribution < 1.29 is 33.6 Å². The highest BCUT2D eigenvalue weighted by Gasteiger charge is 2.84. The molecule has 8 fully saturated rings. The first kappa shape index (κ1) is 33.6. The molecular formula is C39H62N2O7. The molecule has 2 spiro atoms. The minimum atomic E-state index is -0.552. The van der Waals surface area contributed by atoms with Gasteiger partial charge < -0.3 is 34.3 Å². The first-order valence-electron chi connectivity index (χ1n) is 19.5. The zero-order valence-electron chi connectivity index (χ0n) is 30.6. The lowest BCUT2D eigenvalue weighted by atomic mass is 9.41. The van der Waals surface area contributed by atoms with Crippen molar-refractivity contribution in [2.45, 2.75) is 149 Å². The van der Waals surface area contributed by atoms with Crippen LogP contribution in [-0.4, -0.2) is 85.1 Å². The van der Waals surface area contributed by atoms with Gasteiger partial charge in [-0.1, -0.05) is 48.5 Å². The number of ether oxygens (including phenoxy) is 4. The van der Waals surface area contributed by atoms with Crippen LogP contribution in [0.5, 0.6) is 0 Å². The molecule has 48 heavy (non-hydrogen) atoms. The predicted molar refractivity (Wildman–Crippen MR) is 180 cm³/mol. The molecule has 8 aliphatic rings. The Bertz CT molecular complexity index is 1300. The molecule has 9 nitrogen and oxygen atoms in total. The minimum absolute atomic E-state index is 0.0203. The second-order valence-corrected chi connectivity index (χ2v) is 19.1. The van der Waals surface area contributed by atoms with E-state index in [4.69, 9.17) is 18.9 Å². The van der Waals surface area contributed by atoms with Crippen LogP contribution >= 0.6 is 0 Å². The summed E-state index contributed by atoms with van der Waals surface area (Å²) in [6.45, 7) is 19.0. The average molecular weight is 671 g/mol. The number of likely N-dealkylation sites (tertiary alicyclic amines) is 1. The molecule has 3 aliphatic heterocycles. The highest BCUT2D eigenvalue weighted by molar-refractivity contribution is 5.69. The summed E-state index contributed by atoms with van der Waals surface area (Å²) in [5.41, 5.74) is 0.119. The average Bonchev–Trinajstić information content (AvgIpc) is 3.28. The maximum absolute atomic E-state index is 13.0. The second-order valence-electron chi connectivity index (χ2n) is 19.1. The highest BCUT2D eigenvalue weighted by atomic mass is 16.6. The van der Waals surface area contributed by atoms with Crippen LogP contribution in [0.15, 0.2) is 0 Å². The van der Waals surface area contributed by atoms with Crippen molar-refractivity contribution in [2.75, 3.05) is 26.3 Å². The summed E-state index contributed by atoms with van der Waals surface area (Å²) in [6, 6.07) is 0.0510. The lowest BCUT2D eigenvalue weighted by Gasteiger charge is -2.63. The van der Waals surface area contributed by atoms with Crippen LogP contribution < -0.4 is 5.32 Å². The number of amides is 2. The van der Waals surface area contributed by atoms with Crippen LogP contribution in [0.3, 0.4) is 0 Å². The molecular weight excluding hydrogens is 608 g/mol. The Labute approximate surface area is 287 Å². The van der Waals surface area contributed by atoms with Gasteiger partial charge in [0, 0.05) is 30.5 Å². The summed E-state index contributed by atoms with van der Waals surface area (Å²) in [7, 11) is 0. The molecule has 4 unspecified atom stereocenters. The summed E-state index contributed by atoms with van der Waals surface area (Å²) in [5, 5.41) is 15.7. The maximum atomic E-state index is 13.0. The number of fused-ring (bicyclic) bond motifs is 4. The number of aliphatic hydroxyl groups is 1. The topological polar surface area (TPSA) is 107 Å². The van der Waals surface area contributed by atoms with Crippen LogP contribution in [0, 0.1) is 56.7 Å². The van der Waals surface area contributed by atoms with E-state index in [9.17, 15) is 14.7 Å². The Morgan fingerprint density at radius 1 is 0.979 bits per heavy atom. The largest absolute Gasteiger partial charge is 0.446 e. The second kappa shape index (κ2) is 11.2. The van der Waals surface area contributed by atoms with Crippen molar-refractivity contribution in [2.24, 2.45) is 56.7 Å². The molecule has 3 heterocycles. The van der Waals surface area contributed by atoms with Gasteiger partial charge in [-0.3, -0.25) is 0 Å². The predicted octanol–water partition coefficient (Wildman–Crippen LogP) is 6.55. The van der Waals surface area contributed by atoms with E-state index in [-0.39, 0.29) is 81.6 Å². The van der Waals surface area contributed by atoms with Gasteiger partial charge in [-0.05, 0) is 110 Å². The fraction of sp³-hybridized carbons (Fsp3) is 0.949. The van der Waals surface area contributed by atoms with E-state index in [0.717, 1.165) is 64.5 Å². The van der Waals surface area contributed by atoms with Crippen molar-refractivity contribution in [1.29, 1.82) is 0 Å². The van der Waals surface area contributed by atoms with Gasteiger partial charge in [-0.25, -0.2) is 9.59 Å². The van der Waals surface area contributed by atoms with Crippen LogP contribution in [-0.2, 0) is 18.9 Å². The first-order valence-corrected chi connectivity index (χ1v) is 19.5. The van der Waals surface area contributed by atoms with Gasteiger partial charge in [0.2, 0.25) is 0 Å². The Kier molecular flexibility index (Phi) is 7.84. The number of nitrogens with one attached hydrogen (secondary N) is 1. The summed E-state index contributed by atoms with van der Waals surface area (Å²) < 4.78 is 24.8. The lowest BCUT2D eigenvalue weighted by molar-refractivity contribution is -0.185. The third kappa shape index (κ3) is 4.43.